The quantitative estimate of drug-likeness (QED) is 0.589. The van der Waals surface area contributed by atoms with E-state index in [4.69, 9.17) is 11.6 Å². The van der Waals surface area contributed by atoms with Gasteiger partial charge in [0.15, 0.2) is 5.96 Å². The van der Waals surface area contributed by atoms with Crippen LogP contribution in [0.2, 0.25) is 5.02 Å². The average molecular weight is 385 g/mol. The molecule has 0 bridgehead atoms. The number of hydrogen-bond donors (Lipinski definition) is 2. The Balaban J connectivity index is 1.60. The lowest BCUT2D eigenvalue weighted by molar-refractivity contribution is -0.117. The minimum atomic E-state index is 0.207. The van der Waals surface area contributed by atoms with Crippen LogP contribution in [0, 0.1) is 0 Å². The summed E-state index contributed by atoms with van der Waals surface area (Å²) >= 11 is 6.21. The number of nitrogens with one attached hydrogen (secondary N) is 2. The molecule has 5 nitrogen and oxygen atoms in total. The van der Waals surface area contributed by atoms with Gasteiger partial charge in [0, 0.05) is 36.8 Å². The number of carbonyl (C=O) groups is 1. The molecule has 2 aromatic carbocycles. The van der Waals surface area contributed by atoms with Crippen LogP contribution in [0.3, 0.4) is 0 Å². The molecule has 1 saturated heterocycles. The maximum Gasteiger partial charge on any atom is 0.227 e. The molecule has 1 fully saturated rings. The van der Waals surface area contributed by atoms with Gasteiger partial charge in [-0.2, -0.15) is 0 Å². The highest BCUT2D eigenvalue weighted by atomic mass is 35.5. The second kappa shape index (κ2) is 9.42. The van der Waals surface area contributed by atoms with Crippen molar-refractivity contribution in [3.05, 3.63) is 64.7 Å². The number of anilines is 1. The van der Waals surface area contributed by atoms with E-state index in [1.165, 1.54) is 0 Å². The maximum atomic E-state index is 11.8. The summed E-state index contributed by atoms with van der Waals surface area (Å²) in [5.74, 6) is 0.954. The van der Waals surface area contributed by atoms with E-state index in [-0.39, 0.29) is 5.91 Å². The van der Waals surface area contributed by atoms with Gasteiger partial charge in [-0.1, -0.05) is 41.9 Å². The van der Waals surface area contributed by atoms with Crippen LogP contribution in [0.15, 0.2) is 53.5 Å². The van der Waals surface area contributed by atoms with Crippen LogP contribution in [0.4, 0.5) is 5.69 Å². The Kier molecular flexibility index (Phi) is 6.71. The van der Waals surface area contributed by atoms with E-state index < -0.39 is 0 Å². The van der Waals surface area contributed by atoms with Gasteiger partial charge in [0.05, 0.1) is 6.54 Å². The van der Waals surface area contributed by atoms with Crippen molar-refractivity contribution in [2.24, 2.45) is 4.99 Å². The minimum Gasteiger partial charge on any atom is -0.357 e. The first-order valence-corrected chi connectivity index (χ1v) is 9.70. The molecule has 0 atom stereocenters. The van der Waals surface area contributed by atoms with Gasteiger partial charge in [0.25, 0.3) is 0 Å². The molecule has 1 aliphatic rings. The van der Waals surface area contributed by atoms with Crippen LogP contribution in [0.1, 0.15) is 30.9 Å². The van der Waals surface area contributed by atoms with Gasteiger partial charge < -0.3 is 15.5 Å². The van der Waals surface area contributed by atoms with Crippen LogP contribution in [0.25, 0.3) is 0 Å². The van der Waals surface area contributed by atoms with Crippen LogP contribution in [-0.2, 0) is 17.9 Å². The summed E-state index contributed by atoms with van der Waals surface area (Å²) in [6.07, 6.45) is 1.59. The van der Waals surface area contributed by atoms with E-state index in [9.17, 15) is 4.79 Å². The summed E-state index contributed by atoms with van der Waals surface area (Å²) in [5, 5.41) is 7.30. The molecule has 0 saturated carbocycles. The van der Waals surface area contributed by atoms with Gasteiger partial charge in [0.1, 0.15) is 0 Å². The molecule has 27 heavy (non-hydrogen) atoms. The van der Waals surface area contributed by atoms with Crippen molar-refractivity contribution in [1.82, 2.24) is 10.6 Å². The molecule has 3 rings (SSSR count). The van der Waals surface area contributed by atoms with E-state index in [0.717, 1.165) is 47.3 Å². The summed E-state index contributed by atoms with van der Waals surface area (Å²) in [5.41, 5.74) is 3.10. The number of hydrogen-bond acceptors (Lipinski definition) is 2. The fourth-order valence-corrected chi connectivity index (χ4v) is 3.24. The van der Waals surface area contributed by atoms with Gasteiger partial charge in [-0.05, 0) is 42.7 Å². The number of carbonyl (C=O) groups excluding carboxylic acids is 1. The van der Waals surface area contributed by atoms with Crippen molar-refractivity contribution in [2.75, 3.05) is 18.0 Å². The molecule has 0 spiro atoms. The van der Waals surface area contributed by atoms with Gasteiger partial charge >= 0.3 is 0 Å². The van der Waals surface area contributed by atoms with Crippen LogP contribution in [0.5, 0.6) is 0 Å². The molecule has 6 heteroatoms. The van der Waals surface area contributed by atoms with Crippen LogP contribution in [-0.4, -0.2) is 25.0 Å². The molecular formula is C21H25ClN4O. The summed E-state index contributed by atoms with van der Waals surface area (Å²) < 4.78 is 0. The lowest BCUT2D eigenvalue weighted by Gasteiger charge is -2.16. The first-order valence-electron chi connectivity index (χ1n) is 9.32. The van der Waals surface area contributed by atoms with Crippen molar-refractivity contribution < 1.29 is 4.79 Å². The Morgan fingerprint density at radius 2 is 1.93 bits per heavy atom. The zero-order valence-electron chi connectivity index (χ0n) is 15.5. The van der Waals surface area contributed by atoms with Gasteiger partial charge in [0.2, 0.25) is 5.91 Å². The molecule has 1 heterocycles. The molecular weight excluding hydrogens is 360 g/mol. The molecule has 2 N–H and O–H groups in total. The number of nitrogens with zero attached hydrogens (tertiary/aromatic N) is 2. The predicted molar refractivity (Wildman–Crippen MR) is 111 cm³/mol. The highest BCUT2D eigenvalue weighted by Crippen LogP contribution is 2.21. The second-order valence-electron chi connectivity index (χ2n) is 6.46. The van der Waals surface area contributed by atoms with Crippen molar-refractivity contribution in [3.63, 3.8) is 0 Å². The van der Waals surface area contributed by atoms with E-state index in [2.05, 4.69) is 15.6 Å². The second-order valence-corrected chi connectivity index (χ2v) is 6.86. The number of rotatable bonds is 6. The summed E-state index contributed by atoms with van der Waals surface area (Å²) in [6, 6.07) is 15.8. The first-order chi connectivity index (χ1) is 13.2. The summed E-state index contributed by atoms with van der Waals surface area (Å²) in [7, 11) is 0. The van der Waals surface area contributed by atoms with Crippen molar-refractivity contribution in [3.8, 4) is 0 Å². The highest BCUT2D eigenvalue weighted by molar-refractivity contribution is 6.31. The van der Waals surface area contributed by atoms with Crippen LogP contribution < -0.4 is 15.5 Å². The van der Waals surface area contributed by atoms with Gasteiger partial charge in [-0.25, -0.2) is 4.99 Å². The minimum absolute atomic E-state index is 0.207. The third kappa shape index (κ3) is 5.23. The fourth-order valence-electron chi connectivity index (χ4n) is 3.04. The average Bonchev–Trinajstić information content (AvgIpc) is 3.11. The number of aliphatic imine (C=N–C) groups is 1. The molecule has 0 aliphatic carbocycles. The van der Waals surface area contributed by atoms with E-state index in [1.807, 2.05) is 60.4 Å². The zero-order valence-corrected chi connectivity index (χ0v) is 16.3. The lowest BCUT2D eigenvalue weighted by atomic mass is 10.2. The van der Waals surface area contributed by atoms with E-state index in [0.29, 0.717) is 19.5 Å². The Labute approximate surface area is 165 Å². The highest BCUT2D eigenvalue weighted by Gasteiger charge is 2.21. The lowest BCUT2D eigenvalue weighted by Crippen LogP contribution is -2.36. The van der Waals surface area contributed by atoms with Crippen molar-refractivity contribution in [1.29, 1.82) is 0 Å². The molecule has 0 aromatic heterocycles. The van der Waals surface area contributed by atoms with Crippen molar-refractivity contribution >= 4 is 29.2 Å². The zero-order chi connectivity index (χ0) is 19.1. The van der Waals surface area contributed by atoms with E-state index in [1.54, 1.807) is 0 Å². The molecule has 0 radical (unpaired) electrons. The van der Waals surface area contributed by atoms with Crippen LogP contribution >= 0.6 is 11.6 Å². The SMILES string of the molecule is CCNC(=NCc1ccc(N2CCCC2=O)cc1)NCc1ccccc1Cl. The molecule has 1 aliphatic heterocycles. The molecule has 1 amide bonds. The number of halogens is 1. The summed E-state index contributed by atoms with van der Waals surface area (Å²) in [4.78, 5) is 18.3. The normalized spacial score (nSPS) is 14.5. The topological polar surface area (TPSA) is 56.7 Å². The van der Waals surface area contributed by atoms with E-state index >= 15 is 0 Å². The molecule has 2 aromatic rings. The number of benzene rings is 2. The van der Waals surface area contributed by atoms with Crippen molar-refractivity contribution in [2.45, 2.75) is 32.9 Å². The summed E-state index contributed by atoms with van der Waals surface area (Å²) in [6.45, 7) is 4.80. The maximum absolute atomic E-state index is 11.8. The fraction of sp³-hybridized carbons (Fsp3) is 0.333. The Hall–Kier alpha value is -2.53. The first kappa shape index (κ1) is 19.2. The third-order valence-corrected chi connectivity index (χ3v) is 4.86. The van der Waals surface area contributed by atoms with Gasteiger partial charge in [-0.15, -0.1) is 0 Å². The third-order valence-electron chi connectivity index (χ3n) is 4.49. The Bertz CT molecular complexity index is 804. The largest absolute Gasteiger partial charge is 0.357 e. The molecule has 0 unspecified atom stereocenters. The van der Waals surface area contributed by atoms with Gasteiger partial charge in [-0.3, -0.25) is 4.79 Å². The molecule has 142 valence electrons. The monoisotopic (exact) mass is 384 g/mol. The standard InChI is InChI=1S/C21H25ClN4O/c1-2-23-21(25-15-17-6-3-4-7-19(17)22)24-14-16-9-11-18(12-10-16)26-13-5-8-20(26)27/h3-4,6-7,9-12H,2,5,8,13-15H2,1H3,(H2,23,24,25). The number of guanidine groups is 1. The predicted octanol–water partition coefficient (Wildman–Crippen LogP) is 3.72. The Morgan fingerprint density at radius 1 is 1.15 bits per heavy atom. The number of amides is 1. The Morgan fingerprint density at radius 3 is 2.59 bits per heavy atom. The smallest absolute Gasteiger partial charge is 0.227 e.